The fourth-order valence-corrected chi connectivity index (χ4v) is 4.83. The molecule has 8 heteroatoms. The smallest absolute Gasteiger partial charge is 0.325 e. The van der Waals surface area contributed by atoms with Crippen molar-refractivity contribution in [3.63, 3.8) is 0 Å². The van der Waals surface area contributed by atoms with Gasteiger partial charge in [-0.1, -0.05) is 36.4 Å². The third-order valence-electron chi connectivity index (χ3n) is 6.63. The zero-order valence-electron chi connectivity index (χ0n) is 17.6. The molecule has 0 radical (unpaired) electrons. The van der Waals surface area contributed by atoms with Crippen LogP contribution in [0.1, 0.15) is 29.2 Å². The first-order chi connectivity index (χ1) is 15.4. The van der Waals surface area contributed by atoms with E-state index in [0.29, 0.717) is 32.4 Å². The molecule has 2 aliphatic heterocycles. The molecule has 166 valence electrons. The zero-order chi connectivity index (χ0) is 22.3. The van der Waals surface area contributed by atoms with Crippen LogP contribution in [0.2, 0.25) is 0 Å². The molecule has 0 bridgehead atoms. The van der Waals surface area contributed by atoms with Crippen molar-refractivity contribution in [1.29, 1.82) is 0 Å². The van der Waals surface area contributed by atoms with Gasteiger partial charge in [-0.15, -0.1) is 0 Å². The number of rotatable bonds is 3. The summed E-state index contributed by atoms with van der Waals surface area (Å²) in [5.74, 6) is -0.985. The maximum Gasteiger partial charge on any atom is 0.325 e. The summed E-state index contributed by atoms with van der Waals surface area (Å²) in [5, 5.41) is 2.86. The Balaban J connectivity index is 1.27. The second-order valence-electron chi connectivity index (χ2n) is 8.60. The molecule has 2 saturated heterocycles. The SMILES string of the molecule is O=C(CN1C(=O)NC2(CCc3ccccc3C2)C1=O)N1CCOC(c2ccc(F)cc2)C1. The molecule has 32 heavy (non-hydrogen) atoms. The molecular weight excluding hydrogens is 413 g/mol. The number of carbonyl (C=O) groups excluding carboxylic acids is 3. The molecule has 7 nitrogen and oxygen atoms in total. The highest BCUT2D eigenvalue weighted by Crippen LogP contribution is 2.33. The first kappa shape index (κ1) is 20.6. The van der Waals surface area contributed by atoms with Gasteiger partial charge >= 0.3 is 6.03 Å². The van der Waals surface area contributed by atoms with E-state index in [1.165, 1.54) is 17.7 Å². The summed E-state index contributed by atoms with van der Waals surface area (Å²) in [4.78, 5) is 41.5. The van der Waals surface area contributed by atoms with E-state index < -0.39 is 11.6 Å². The average Bonchev–Trinajstić information content (AvgIpc) is 3.03. The largest absolute Gasteiger partial charge is 0.370 e. The van der Waals surface area contributed by atoms with E-state index in [9.17, 15) is 18.8 Å². The van der Waals surface area contributed by atoms with E-state index in [0.717, 1.165) is 16.0 Å². The standard InChI is InChI=1S/C24H24FN3O4/c25-19-7-5-17(6-8-19)20-14-27(11-12-32-20)21(29)15-28-22(30)24(26-23(28)31)10-9-16-3-1-2-4-18(16)13-24/h1-8,20H,9-15H2,(H,26,31). The van der Waals surface area contributed by atoms with Crippen LogP contribution in [0, 0.1) is 5.82 Å². The van der Waals surface area contributed by atoms with E-state index in [1.54, 1.807) is 17.0 Å². The van der Waals surface area contributed by atoms with Crippen molar-refractivity contribution >= 4 is 17.8 Å². The summed E-state index contributed by atoms with van der Waals surface area (Å²) in [5.41, 5.74) is 2.04. The van der Waals surface area contributed by atoms with Gasteiger partial charge in [0.15, 0.2) is 0 Å². The minimum atomic E-state index is -0.979. The number of morpholine rings is 1. The average molecular weight is 437 g/mol. The highest BCUT2D eigenvalue weighted by molar-refractivity contribution is 6.09. The molecule has 2 aromatic carbocycles. The van der Waals surface area contributed by atoms with Crippen LogP contribution in [0.25, 0.3) is 0 Å². The molecule has 1 aliphatic carbocycles. The first-order valence-electron chi connectivity index (χ1n) is 10.8. The molecule has 2 fully saturated rings. The van der Waals surface area contributed by atoms with Crippen molar-refractivity contribution in [1.82, 2.24) is 15.1 Å². The normalized spacial score (nSPS) is 25.1. The number of carbonyl (C=O) groups is 3. The maximum atomic E-state index is 13.3. The van der Waals surface area contributed by atoms with Gasteiger partial charge in [0.05, 0.1) is 13.2 Å². The quantitative estimate of drug-likeness (QED) is 0.747. The second-order valence-corrected chi connectivity index (χ2v) is 8.60. The van der Waals surface area contributed by atoms with Crippen molar-refractivity contribution in [3.05, 3.63) is 71.0 Å². The Morgan fingerprint density at radius 3 is 2.66 bits per heavy atom. The number of nitrogens with one attached hydrogen (secondary N) is 1. The van der Waals surface area contributed by atoms with E-state index >= 15 is 0 Å². The summed E-state index contributed by atoms with van der Waals surface area (Å²) < 4.78 is 19.0. The van der Waals surface area contributed by atoms with Gasteiger partial charge in [-0.2, -0.15) is 0 Å². The predicted molar refractivity (Wildman–Crippen MR) is 113 cm³/mol. The summed E-state index contributed by atoms with van der Waals surface area (Å²) in [6.45, 7) is 0.685. The van der Waals surface area contributed by atoms with E-state index in [4.69, 9.17) is 4.74 Å². The van der Waals surface area contributed by atoms with E-state index in [1.807, 2.05) is 24.3 Å². The molecule has 1 N–H and O–H groups in total. The van der Waals surface area contributed by atoms with Crippen LogP contribution in [0.5, 0.6) is 0 Å². The lowest BCUT2D eigenvalue weighted by atomic mass is 9.78. The Bertz CT molecular complexity index is 1070. The van der Waals surface area contributed by atoms with Crippen molar-refractivity contribution in [3.8, 4) is 0 Å². The second kappa shape index (κ2) is 8.02. The molecule has 5 rings (SSSR count). The first-order valence-corrected chi connectivity index (χ1v) is 10.8. The Kier molecular flexibility index (Phi) is 5.17. The number of urea groups is 1. The molecule has 2 heterocycles. The van der Waals surface area contributed by atoms with Gasteiger partial charge < -0.3 is 15.0 Å². The molecule has 2 aromatic rings. The van der Waals surface area contributed by atoms with Crippen molar-refractivity contribution in [2.45, 2.75) is 30.9 Å². The van der Waals surface area contributed by atoms with Crippen molar-refractivity contribution in [2.24, 2.45) is 0 Å². The number of fused-ring (bicyclic) bond motifs is 1. The Hall–Kier alpha value is -3.26. The lowest BCUT2D eigenvalue weighted by Gasteiger charge is -2.34. The third-order valence-corrected chi connectivity index (χ3v) is 6.63. The van der Waals surface area contributed by atoms with Gasteiger partial charge in [-0.3, -0.25) is 14.5 Å². The summed E-state index contributed by atoms with van der Waals surface area (Å²) in [6, 6.07) is 13.4. The number of ether oxygens (including phenoxy) is 1. The van der Waals surface area contributed by atoms with Gasteiger partial charge in [0.25, 0.3) is 5.91 Å². The van der Waals surface area contributed by atoms with Crippen LogP contribution in [-0.2, 0) is 27.2 Å². The molecule has 3 aliphatic rings. The van der Waals surface area contributed by atoms with Crippen LogP contribution in [0.4, 0.5) is 9.18 Å². The maximum absolute atomic E-state index is 13.3. The van der Waals surface area contributed by atoms with Crippen LogP contribution in [0.15, 0.2) is 48.5 Å². The van der Waals surface area contributed by atoms with Crippen LogP contribution in [0.3, 0.4) is 0 Å². The topological polar surface area (TPSA) is 79.0 Å². The van der Waals surface area contributed by atoms with E-state index in [2.05, 4.69) is 5.32 Å². The Morgan fingerprint density at radius 2 is 1.88 bits per heavy atom. The Labute approximate surface area is 185 Å². The van der Waals surface area contributed by atoms with Gasteiger partial charge in [0.2, 0.25) is 5.91 Å². The number of hydrogen-bond donors (Lipinski definition) is 1. The number of amides is 4. The molecule has 4 amide bonds. The minimum absolute atomic E-state index is 0.284. The molecule has 1 spiro atoms. The number of halogens is 1. The highest BCUT2D eigenvalue weighted by Gasteiger charge is 2.52. The van der Waals surface area contributed by atoms with Crippen molar-refractivity contribution < 1.29 is 23.5 Å². The van der Waals surface area contributed by atoms with Crippen LogP contribution < -0.4 is 5.32 Å². The van der Waals surface area contributed by atoms with Gasteiger partial charge in [0.1, 0.15) is 24.0 Å². The monoisotopic (exact) mass is 437 g/mol. The van der Waals surface area contributed by atoms with Crippen LogP contribution >= 0.6 is 0 Å². The molecule has 0 saturated carbocycles. The van der Waals surface area contributed by atoms with Gasteiger partial charge in [0, 0.05) is 13.0 Å². The summed E-state index contributed by atoms with van der Waals surface area (Å²) in [6.07, 6.45) is 1.27. The summed E-state index contributed by atoms with van der Waals surface area (Å²) in [7, 11) is 0. The Morgan fingerprint density at radius 1 is 1.12 bits per heavy atom. The molecule has 2 unspecified atom stereocenters. The fourth-order valence-electron chi connectivity index (χ4n) is 4.83. The minimum Gasteiger partial charge on any atom is -0.370 e. The fraction of sp³-hybridized carbons (Fsp3) is 0.375. The highest BCUT2D eigenvalue weighted by atomic mass is 19.1. The lowest BCUT2D eigenvalue weighted by Crippen LogP contribution is -2.52. The van der Waals surface area contributed by atoms with Crippen molar-refractivity contribution in [2.75, 3.05) is 26.2 Å². The molecule has 0 aromatic heterocycles. The zero-order valence-corrected chi connectivity index (χ0v) is 17.6. The van der Waals surface area contributed by atoms with Gasteiger partial charge in [-0.25, -0.2) is 9.18 Å². The number of imide groups is 1. The van der Waals surface area contributed by atoms with E-state index in [-0.39, 0.29) is 36.8 Å². The predicted octanol–water partition coefficient (Wildman–Crippen LogP) is 2.21. The number of nitrogens with zero attached hydrogens (tertiary/aromatic N) is 2. The lowest BCUT2D eigenvalue weighted by molar-refractivity contribution is -0.144. The summed E-state index contributed by atoms with van der Waals surface area (Å²) >= 11 is 0. The number of benzene rings is 2. The van der Waals surface area contributed by atoms with Crippen LogP contribution in [-0.4, -0.2) is 59.4 Å². The number of hydrogen-bond acceptors (Lipinski definition) is 4. The number of aryl methyl sites for hydroxylation is 1. The van der Waals surface area contributed by atoms with Gasteiger partial charge in [-0.05, 0) is 41.7 Å². The molecular formula is C24H24FN3O4. The molecule has 2 atom stereocenters. The third kappa shape index (κ3) is 3.64.